The number of piperazine rings is 1. The summed E-state index contributed by atoms with van der Waals surface area (Å²) in [6.07, 6.45) is 5.29. The van der Waals surface area contributed by atoms with Gasteiger partial charge in [-0.2, -0.15) is 4.31 Å². The number of rotatable bonds is 5. The van der Waals surface area contributed by atoms with E-state index in [0.29, 0.717) is 13.1 Å². The monoisotopic (exact) mass is 428 g/mol. The molecule has 0 aromatic rings. The Morgan fingerprint density at radius 1 is 1.03 bits per heavy atom. The van der Waals surface area contributed by atoms with Crippen LogP contribution in [0.5, 0.6) is 0 Å². The number of guanidine groups is 1. The summed E-state index contributed by atoms with van der Waals surface area (Å²) in [6.45, 7) is 8.23. The highest BCUT2D eigenvalue weighted by Crippen LogP contribution is 2.20. The molecule has 0 spiro atoms. The Morgan fingerprint density at radius 2 is 1.69 bits per heavy atom. The maximum Gasteiger partial charge on any atom is 0.239 e. The van der Waals surface area contributed by atoms with Crippen LogP contribution in [0.15, 0.2) is 4.99 Å². The van der Waals surface area contributed by atoms with E-state index in [2.05, 4.69) is 20.1 Å². The van der Waals surface area contributed by atoms with Crippen molar-refractivity contribution in [2.75, 3.05) is 65.7 Å². The molecule has 3 aliphatic heterocycles. The Labute approximate surface area is 175 Å². The summed E-state index contributed by atoms with van der Waals surface area (Å²) in [6, 6.07) is -0.0897. The minimum Gasteiger partial charge on any atom is -0.355 e. The second kappa shape index (κ2) is 9.61. The number of hydrogen-bond acceptors (Lipinski definition) is 5. The third-order valence-electron chi connectivity index (χ3n) is 6.39. The Morgan fingerprint density at radius 3 is 2.28 bits per heavy atom. The van der Waals surface area contributed by atoms with Crippen LogP contribution >= 0.6 is 0 Å². The first-order valence-electron chi connectivity index (χ1n) is 10.8. The lowest BCUT2D eigenvalue weighted by molar-refractivity contribution is -0.135. The molecule has 0 bridgehead atoms. The van der Waals surface area contributed by atoms with Gasteiger partial charge in [0.2, 0.25) is 15.9 Å². The van der Waals surface area contributed by atoms with Gasteiger partial charge in [-0.05, 0) is 32.6 Å². The fourth-order valence-electron chi connectivity index (χ4n) is 4.67. The number of aliphatic imine (C=N–C) groups is 1. The van der Waals surface area contributed by atoms with Crippen LogP contribution < -0.4 is 5.32 Å². The van der Waals surface area contributed by atoms with Gasteiger partial charge in [0.25, 0.3) is 0 Å². The van der Waals surface area contributed by atoms with Crippen molar-refractivity contribution in [3.8, 4) is 0 Å². The average molecular weight is 429 g/mol. The predicted molar refractivity (Wildman–Crippen MR) is 114 cm³/mol. The lowest BCUT2D eigenvalue weighted by Gasteiger charge is -2.39. The molecule has 0 aliphatic carbocycles. The van der Waals surface area contributed by atoms with E-state index in [0.717, 1.165) is 70.9 Å². The van der Waals surface area contributed by atoms with Gasteiger partial charge in [0.05, 0.1) is 12.3 Å². The van der Waals surface area contributed by atoms with E-state index >= 15 is 0 Å². The van der Waals surface area contributed by atoms with Crippen LogP contribution in [0.1, 0.15) is 32.6 Å². The average Bonchev–Trinajstić information content (AvgIpc) is 3.39. The summed E-state index contributed by atoms with van der Waals surface area (Å²) in [4.78, 5) is 23.5. The molecule has 1 N–H and O–H groups in total. The first-order chi connectivity index (χ1) is 13.8. The summed E-state index contributed by atoms with van der Waals surface area (Å²) >= 11 is 0. The van der Waals surface area contributed by atoms with Gasteiger partial charge in [-0.1, -0.05) is 0 Å². The normalized spacial score (nSPS) is 26.2. The zero-order valence-electron chi connectivity index (χ0n) is 18.0. The molecule has 3 fully saturated rings. The van der Waals surface area contributed by atoms with E-state index < -0.39 is 10.0 Å². The standard InChI is InChI=1S/C19H36N6O3S/c1-16(18(26)23-8-4-5-9-23)22-11-13-24(14-12-22)19(20-2)21-15-17-7-6-10-25(17)29(3,27)28/h16-17H,4-15H2,1-3H3,(H,20,21)/t16?,17-/m1/s1. The predicted octanol–water partition coefficient (Wildman–Crippen LogP) is -0.386. The molecule has 0 radical (unpaired) electrons. The Hall–Kier alpha value is -1.39. The van der Waals surface area contributed by atoms with Crippen molar-refractivity contribution in [1.82, 2.24) is 24.3 Å². The van der Waals surface area contributed by atoms with Gasteiger partial charge in [-0.15, -0.1) is 0 Å². The first kappa shape index (κ1) is 22.3. The van der Waals surface area contributed by atoms with Gasteiger partial charge < -0.3 is 15.1 Å². The molecule has 2 atom stereocenters. The molecule has 29 heavy (non-hydrogen) atoms. The minimum absolute atomic E-state index is 0.0128. The van der Waals surface area contributed by atoms with Gasteiger partial charge >= 0.3 is 0 Å². The maximum absolute atomic E-state index is 12.7. The summed E-state index contributed by atoms with van der Waals surface area (Å²) < 4.78 is 25.5. The highest BCUT2D eigenvalue weighted by Gasteiger charge is 2.33. The van der Waals surface area contributed by atoms with E-state index in [4.69, 9.17) is 0 Å². The van der Waals surface area contributed by atoms with Crippen molar-refractivity contribution >= 4 is 21.9 Å². The molecule has 0 aromatic carbocycles. The highest BCUT2D eigenvalue weighted by molar-refractivity contribution is 7.88. The lowest BCUT2D eigenvalue weighted by atomic mass is 10.2. The van der Waals surface area contributed by atoms with Crippen LogP contribution in [0.3, 0.4) is 0 Å². The molecule has 166 valence electrons. The van der Waals surface area contributed by atoms with Crippen molar-refractivity contribution in [3.05, 3.63) is 0 Å². The van der Waals surface area contributed by atoms with E-state index in [1.165, 1.54) is 6.26 Å². The molecule has 3 aliphatic rings. The second-order valence-corrected chi connectivity index (χ2v) is 10.3. The van der Waals surface area contributed by atoms with Crippen molar-refractivity contribution in [2.24, 2.45) is 4.99 Å². The van der Waals surface area contributed by atoms with E-state index in [1.54, 1.807) is 11.4 Å². The largest absolute Gasteiger partial charge is 0.355 e. The molecule has 1 amide bonds. The second-order valence-electron chi connectivity index (χ2n) is 8.33. The third-order valence-corrected chi connectivity index (χ3v) is 7.73. The fourth-order valence-corrected chi connectivity index (χ4v) is 5.85. The quantitative estimate of drug-likeness (QED) is 0.474. The topological polar surface area (TPSA) is 88.6 Å². The van der Waals surface area contributed by atoms with E-state index in [-0.39, 0.29) is 18.0 Å². The summed E-state index contributed by atoms with van der Waals surface area (Å²) in [7, 11) is -1.40. The van der Waals surface area contributed by atoms with Crippen molar-refractivity contribution < 1.29 is 13.2 Å². The lowest BCUT2D eigenvalue weighted by Crippen LogP contribution is -2.57. The van der Waals surface area contributed by atoms with Gasteiger partial charge in [0, 0.05) is 65.4 Å². The molecule has 3 rings (SSSR count). The molecule has 3 heterocycles. The molecule has 1 unspecified atom stereocenters. The zero-order valence-corrected chi connectivity index (χ0v) is 18.8. The van der Waals surface area contributed by atoms with Gasteiger partial charge in [0.1, 0.15) is 0 Å². The number of hydrogen-bond donors (Lipinski definition) is 1. The van der Waals surface area contributed by atoms with Gasteiger partial charge in [0.15, 0.2) is 5.96 Å². The number of sulfonamides is 1. The summed E-state index contributed by atoms with van der Waals surface area (Å²) in [5.74, 6) is 1.06. The smallest absolute Gasteiger partial charge is 0.239 e. The number of nitrogens with one attached hydrogen (secondary N) is 1. The van der Waals surface area contributed by atoms with Crippen LogP contribution in [-0.4, -0.2) is 117 Å². The molecule has 9 nitrogen and oxygen atoms in total. The van der Waals surface area contributed by atoms with Gasteiger partial charge in [-0.3, -0.25) is 14.7 Å². The van der Waals surface area contributed by atoms with Crippen LogP contribution in [-0.2, 0) is 14.8 Å². The number of carbonyl (C=O) groups excluding carboxylic acids is 1. The van der Waals surface area contributed by atoms with Crippen molar-refractivity contribution in [1.29, 1.82) is 0 Å². The summed E-state index contributed by atoms with van der Waals surface area (Å²) in [5, 5.41) is 3.37. The Kier molecular flexibility index (Phi) is 7.39. The summed E-state index contributed by atoms with van der Waals surface area (Å²) in [5.41, 5.74) is 0. The van der Waals surface area contributed by atoms with E-state index in [9.17, 15) is 13.2 Å². The minimum atomic E-state index is -3.17. The molecular formula is C19H36N6O3S. The van der Waals surface area contributed by atoms with Crippen LogP contribution in [0.25, 0.3) is 0 Å². The Balaban J connectivity index is 1.48. The number of likely N-dealkylation sites (tertiary alicyclic amines) is 1. The molecule has 0 aromatic heterocycles. The third kappa shape index (κ3) is 5.40. The SMILES string of the molecule is CN=C(NC[C@H]1CCCN1S(C)(=O)=O)N1CCN(C(C)C(=O)N2CCCC2)CC1. The first-order valence-corrected chi connectivity index (χ1v) is 12.6. The number of amides is 1. The van der Waals surface area contributed by atoms with Crippen LogP contribution in [0, 0.1) is 0 Å². The molecule has 10 heteroatoms. The zero-order chi connectivity index (χ0) is 21.0. The van der Waals surface area contributed by atoms with Crippen molar-refractivity contribution in [3.63, 3.8) is 0 Å². The molecule has 0 saturated carbocycles. The maximum atomic E-state index is 12.7. The Bertz CT molecular complexity index is 699. The van der Waals surface area contributed by atoms with Gasteiger partial charge in [-0.25, -0.2) is 8.42 Å². The molecular weight excluding hydrogens is 392 g/mol. The number of carbonyl (C=O) groups is 1. The van der Waals surface area contributed by atoms with Crippen molar-refractivity contribution in [2.45, 2.75) is 44.7 Å². The van der Waals surface area contributed by atoms with Crippen LogP contribution in [0.2, 0.25) is 0 Å². The van der Waals surface area contributed by atoms with Crippen LogP contribution in [0.4, 0.5) is 0 Å². The number of nitrogens with zero attached hydrogens (tertiary/aromatic N) is 5. The van der Waals surface area contributed by atoms with E-state index in [1.807, 2.05) is 11.8 Å². The molecule has 3 saturated heterocycles. The highest BCUT2D eigenvalue weighted by atomic mass is 32.2. The fraction of sp³-hybridized carbons (Fsp3) is 0.895.